The van der Waals surface area contributed by atoms with Gasteiger partial charge in [-0.15, -0.1) is 0 Å². The van der Waals surface area contributed by atoms with Crippen LogP contribution in [0.25, 0.3) is 0 Å². The van der Waals surface area contributed by atoms with Gasteiger partial charge in [-0.1, -0.05) is 0 Å². The largest absolute Gasteiger partial charge is 0.435 e. The summed E-state index contributed by atoms with van der Waals surface area (Å²) in [6, 6.07) is -0.343. The first-order valence-corrected chi connectivity index (χ1v) is 7.31. The zero-order valence-electron chi connectivity index (χ0n) is 12.1. The third-order valence-corrected chi connectivity index (χ3v) is 3.97. The van der Waals surface area contributed by atoms with Crippen molar-refractivity contribution in [2.45, 2.75) is 44.6 Å². The van der Waals surface area contributed by atoms with Crippen LogP contribution < -0.4 is 5.32 Å². The Labute approximate surface area is 125 Å². The molecule has 0 radical (unpaired) electrons. The number of hydrogen-bond acceptors (Lipinski definition) is 4. The molecule has 1 aliphatic carbocycles. The SMILES string of the molecule is Cc1nc(C2CC2)oc1C(=O)NC1CCN(C(=O)C(F)F)C1. The van der Waals surface area contributed by atoms with Crippen molar-refractivity contribution in [3.63, 3.8) is 0 Å². The van der Waals surface area contributed by atoms with Crippen molar-refractivity contribution in [3.8, 4) is 0 Å². The van der Waals surface area contributed by atoms with E-state index in [-0.39, 0.29) is 24.9 Å². The molecule has 6 nitrogen and oxygen atoms in total. The normalized spacial score (nSPS) is 21.5. The summed E-state index contributed by atoms with van der Waals surface area (Å²) < 4.78 is 30.2. The highest BCUT2D eigenvalue weighted by molar-refractivity contribution is 5.92. The van der Waals surface area contributed by atoms with E-state index in [1.165, 1.54) is 0 Å². The molecule has 0 spiro atoms. The number of oxazole rings is 1. The standard InChI is InChI=1S/C14H17F2N3O3/c1-7-10(22-13(17-7)8-2-3-8)12(20)18-9-4-5-19(6-9)14(21)11(15)16/h8-9,11H,2-6H2,1H3,(H,18,20). The van der Waals surface area contributed by atoms with Gasteiger partial charge in [0.15, 0.2) is 5.89 Å². The number of carbonyl (C=O) groups is 2. The topological polar surface area (TPSA) is 75.4 Å². The predicted octanol–water partition coefficient (Wildman–Crippen LogP) is 1.46. The van der Waals surface area contributed by atoms with Gasteiger partial charge >= 0.3 is 6.43 Å². The van der Waals surface area contributed by atoms with Gasteiger partial charge < -0.3 is 14.6 Å². The first kappa shape index (κ1) is 14.9. The number of alkyl halides is 2. The summed E-state index contributed by atoms with van der Waals surface area (Å²) in [6.07, 6.45) is -0.512. The molecule has 1 saturated heterocycles. The Balaban J connectivity index is 1.59. The van der Waals surface area contributed by atoms with Crippen LogP contribution in [-0.4, -0.2) is 47.3 Å². The number of rotatable bonds is 4. The zero-order chi connectivity index (χ0) is 15.9. The van der Waals surface area contributed by atoms with Gasteiger partial charge in [0.05, 0.1) is 5.69 Å². The molecular formula is C14H17F2N3O3. The average molecular weight is 313 g/mol. The smallest absolute Gasteiger partial charge is 0.315 e. The van der Waals surface area contributed by atoms with Crippen molar-refractivity contribution in [3.05, 3.63) is 17.3 Å². The zero-order valence-corrected chi connectivity index (χ0v) is 12.1. The number of aromatic nitrogens is 1. The van der Waals surface area contributed by atoms with E-state index in [9.17, 15) is 18.4 Å². The second-order valence-corrected chi connectivity index (χ2v) is 5.78. The van der Waals surface area contributed by atoms with Crippen LogP contribution in [0.4, 0.5) is 8.78 Å². The minimum Gasteiger partial charge on any atom is -0.435 e. The molecule has 2 aliphatic rings. The van der Waals surface area contributed by atoms with Gasteiger partial charge in [-0.25, -0.2) is 4.98 Å². The summed E-state index contributed by atoms with van der Waals surface area (Å²) in [6.45, 7) is 2.01. The summed E-state index contributed by atoms with van der Waals surface area (Å²) in [5, 5.41) is 2.72. The number of nitrogens with zero attached hydrogens (tertiary/aromatic N) is 2. The molecule has 2 heterocycles. The first-order chi connectivity index (χ1) is 10.5. The lowest BCUT2D eigenvalue weighted by Crippen LogP contribution is -2.40. The predicted molar refractivity (Wildman–Crippen MR) is 71.7 cm³/mol. The number of hydrogen-bond donors (Lipinski definition) is 1. The minimum atomic E-state index is -3.01. The van der Waals surface area contributed by atoms with Gasteiger partial charge in [0, 0.05) is 25.0 Å². The van der Waals surface area contributed by atoms with Crippen LogP contribution in [-0.2, 0) is 4.79 Å². The monoisotopic (exact) mass is 313 g/mol. The summed E-state index contributed by atoms with van der Waals surface area (Å²) in [7, 11) is 0. The quantitative estimate of drug-likeness (QED) is 0.913. The van der Waals surface area contributed by atoms with Gasteiger partial charge in [-0.05, 0) is 26.2 Å². The first-order valence-electron chi connectivity index (χ1n) is 7.31. The van der Waals surface area contributed by atoms with E-state index in [1.807, 2.05) is 0 Å². The Bertz CT molecular complexity index is 598. The van der Waals surface area contributed by atoms with E-state index in [0.29, 0.717) is 23.9 Å². The van der Waals surface area contributed by atoms with Crippen molar-refractivity contribution in [2.24, 2.45) is 0 Å². The molecule has 22 heavy (non-hydrogen) atoms. The molecule has 1 unspecified atom stereocenters. The van der Waals surface area contributed by atoms with E-state index < -0.39 is 18.2 Å². The van der Waals surface area contributed by atoms with Gasteiger partial charge in [-0.2, -0.15) is 8.78 Å². The lowest BCUT2D eigenvalue weighted by Gasteiger charge is -2.16. The average Bonchev–Trinajstić information content (AvgIpc) is 3.10. The van der Waals surface area contributed by atoms with Gasteiger partial charge in [0.1, 0.15) is 0 Å². The fourth-order valence-corrected chi connectivity index (χ4v) is 2.60. The maximum Gasteiger partial charge on any atom is 0.315 e. The van der Waals surface area contributed by atoms with Crippen LogP contribution in [0.15, 0.2) is 4.42 Å². The highest BCUT2D eigenvalue weighted by Crippen LogP contribution is 2.40. The lowest BCUT2D eigenvalue weighted by atomic mass is 10.2. The van der Waals surface area contributed by atoms with E-state index >= 15 is 0 Å². The highest BCUT2D eigenvalue weighted by Gasteiger charge is 2.34. The van der Waals surface area contributed by atoms with Crippen LogP contribution in [0.1, 0.15) is 47.3 Å². The second-order valence-electron chi connectivity index (χ2n) is 5.78. The minimum absolute atomic E-state index is 0.0948. The maximum atomic E-state index is 12.4. The maximum absolute atomic E-state index is 12.4. The van der Waals surface area contributed by atoms with Gasteiger partial charge in [-0.3, -0.25) is 9.59 Å². The summed E-state index contributed by atoms with van der Waals surface area (Å²) in [5.74, 6) is -0.535. The van der Waals surface area contributed by atoms with Crippen molar-refractivity contribution in [2.75, 3.05) is 13.1 Å². The van der Waals surface area contributed by atoms with E-state index in [1.54, 1.807) is 6.92 Å². The van der Waals surface area contributed by atoms with Crippen molar-refractivity contribution < 1.29 is 22.8 Å². The molecule has 0 aromatic carbocycles. The second kappa shape index (κ2) is 5.66. The number of carbonyl (C=O) groups excluding carboxylic acids is 2. The molecule has 2 fully saturated rings. The van der Waals surface area contributed by atoms with E-state index in [0.717, 1.165) is 17.7 Å². The third kappa shape index (κ3) is 2.95. The fourth-order valence-electron chi connectivity index (χ4n) is 2.60. The van der Waals surface area contributed by atoms with Crippen LogP contribution in [0.2, 0.25) is 0 Å². The molecule has 1 aromatic rings. The molecular weight excluding hydrogens is 296 g/mol. The molecule has 1 saturated carbocycles. The molecule has 1 atom stereocenters. The van der Waals surface area contributed by atoms with Crippen molar-refractivity contribution in [1.82, 2.24) is 15.2 Å². The fraction of sp³-hybridized carbons (Fsp3) is 0.643. The van der Waals surface area contributed by atoms with E-state index in [4.69, 9.17) is 4.42 Å². The van der Waals surface area contributed by atoms with Crippen LogP contribution in [0.5, 0.6) is 0 Å². The number of nitrogens with one attached hydrogen (secondary N) is 1. The molecule has 2 amide bonds. The van der Waals surface area contributed by atoms with Crippen LogP contribution in [0.3, 0.4) is 0 Å². The van der Waals surface area contributed by atoms with Crippen molar-refractivity contribution >= 4 is 11.8 Å². The number of aryl methyl sites for hydroxylation is 1. The number of likely N-dealkylation sites (tertiary alicyclic amines) is 1. The molecule has 3 rings (SSSR count). The Morgan fingerprint density at radius 3 is 2.73 bits per heavy atom. The Hall–Kier alpha value is -1.99. The number of amides is 2. The highest BCUT2D eigenvalue weighted by atomic mass is 19.3. The summed E-state index contributed by atoms with van der Waals surface area (Å²) in [5.41, 5.74) is 0.526. The molecule has 0 bridgehead atoms. The van der Waals surface area contributed by atoms with Crippen LogP contribution >= 0.6 is 0 Å². The van der Waals surface area contributed by atoms with Crippen molar-refractivity contribution in [1.29, 1.82) is 0 Å². The van der Waals surface area contributed by atoms with Crippen LogP contribution in [0, 0.1) is 6.92 Å². The van der Waals surface area contributed by atoms with Gasteiger partial charge in [0.25, 0.3) is 11.8 Å². The Morgan fingerprint density at radius 2 is 2.09 bits per heavy atom. The molecule has 8 heteroatoms. The molecule has 120 valence electrons. The lowest BCUT2D eigenvalue weighted by molar-refractivity contribution is -0.141. The molecule has 1 aromatic heterocycles. The summed E-state index contributed by atoms with van der Waals surface area (Å²) >= 11 is 0. The Kier molecular flexibility index (Phi) is 3.84. The molecule has 1 aliphatic heterocycles. The summed E-state index contributed by atoms with van der Waals surface area (Å²) in [4.78, 5) is 28.7. The number of halogens is 2. The Morgan fingerprint density at radius 1 is 1.36 bits per heavy atom. The van der Waals surface area contributed by atoms with Gasteiger partial charge in [0.2, 0.25) is 5.76 Å². The van der Waals surface area contributed by atoms with E-state index in [2.05, 4.69) is 10.3 Å². The third-order valence-electron chi connectivity index (χ3n) is 3.97. The molecule has 1 N–H and O–H groups in total.